The van der Waals surface area contributed by atoms with Crippen LogP contribution in [-0.4, -0.2) is 42.7 Å². The van der Waals surface area contributed by atoms with Crippen LogP contribution in [0.2, 0.25) is 0 Å². The lowest BCUT2D eigenvalue weighted by atomic mass is 9.89. The molecule has 1 fully saturated rings. The topological polar surface area (TPSA) is 68.8 Å². The monoisotopic (exact) mass is 469 g/mol. The van der Waals surface area contributed by atoms with Crippen LogP contribution in [0.5, 0.6) is 0 Å². The summed E-state index contributed by atoms with van der Waals surface area (Å²) >= 11 is 0. The van der Waals surface area contributed by atoms with Gasteiger partial charge in [-0.2, -0.15) is 0 Å². The molecule has 0 spiro atoms. The SMILES string of the molecule is O=C(NC1CCCCN(CC2CCc3ccccc32)C1)c1ccc2c(c1)C(C1C=CN=CC1)NN2. The number of benzene rings is 2. The molecule has 3 N–H and O–H groups in total. The van der Waals surface area contributed by atoms with Gasteiger partial charge in [0.25, 0.3) is 5.91 Å². The molecule has 35 heavy (non-hydrogen) atoms. The fourth-order valence-electron chi connectivity index (χ4n) is 6.29. The van der Waals surface area contributed by atoms with E-state index in [1.54, 1.807) is 0 Å². The van der Waals surface area contributed by atoms with Gasteiger partial charge in [-0.3, -0.25) is 9.79 Å². The quantitative estimate of drug-likeness (QED) is 0.600. The molecule has 3 aliphatic heterocycles. The van der Waals surface area contributed by atoms with Gasteiger partial charge in [-0.25, -0.2) is 5.43 Å². The molecule has 3 heterocycles. The second-order valence-corrected chi connectivity index (χ2v) is 10.5. The maximum Gasteiger partial charge on any atom is 0.251 e. The highest BCUT2D eigenvalue weighted by atomic mass is 16.1. The molecule has 0 saturated carbocycles. The van der Waals surface area contributed by atoms with Gasteiger partial charge in [0.15, 0.2) is 0 Å². The summed E-state index contributed by atoms with van der Waals surface area (Å²) in [5.74, 6) is 0.987. The lowest BCUT2D eigenvalue weighted by molar-refractivity contribution is 0.0925. The Bertz CT molecular complexity index is 1140. The molecule has 2 aromatic rings. The molecule has 182 valence electrons. The number of carbonyl (C=O) groups is 1. The number of nitrogens with one attached hydrogen (secondary N) is 3. The van der Waals surface area contributed by atoms with Crippen LogP contribution < -0.4 is 16.2 Å². The molecule has 1 amide bonds. The highest BCUT2D eigenvalue weighted by Crippen LogP contribution is 2.37. The molecular weight excluding hydrogens is 434 g/mol. The van der Waals surface area contributed by atoms with Crippen molar-refractivity contribution in [2.24, 2.45) is 10.9 Å². The molecule has 0 radical (unpaired) electrons. The molecule has 1 saturated heterocycles. The first-order valence-corrected chi connectivity index (χ1v) is 13.2. The molecule has 0 aromatic heterocycles. The third-order valence-electron chi connectivity index (χ3n) is 8.17. The smallest absolute Gasteiger partial charge is 0.251 e. The minimum Gasteiger partial charge on any atom is -0.348 e. The Kier molecular flexibility index (Phi) is 6.40. The highest BCUT2D eigenvalue weighted by molar-refractivity contribution is 5.95. The van der Waals surface area contributed by atoms with Gasteiger partial charge in [0, 0.05) is 43.0 Å². The number of likely N-dealkylation sites (tertiary alicyclic amines) is 1. The number of hydrogen-bond acceptors (Lipinski definition) is 5. The van der Waals surface area contributed by atoms with Gasteiger partial charge in [0.2, 0.25) is 0 Å². The van der Waals surface area contributed by atoms with Crippen LogP contribution in [0.1, 0.15) is 71.1 Å². The Labute approximate surface area is 207 Å². The molecule has 4 atom stereocenters. The zero-order valence-corrected chi connectivity index (χ0v) is 20.2. The number of rotatable bonds is 5. The normalized spacial score (nSPS) is 27.7. The molecular formula is C29H35N5O. The first-order valence-electron chi connectivity index (χ1n) is 13.2. The van der Waals surface area contributed by atoms with Crippen LogP contribution in [0.4, 0.5) is 5.69 Å². The van der Waals surface area contributed by atoms with Crippen molar-refractivity contribution in [3.63, 3.8) is 0 Å². The standard InChI is InChI=1S/C29H35N5O/c35-29(22-10-11-27-26(17-22)28(33-32-27)21-12-14-30-15-13-21)31-24-6-3-4-16-34(19-24)18-23-9-8-20-5-1-2-7-25(20)23/h1-2,5,7,10-12,14-15,17,21,23-24,28,32-33H,3-4,6,8-9,13,16,18-19H2,(H,31,35). The second kappa shape index (κ2) is 9.96. The van der Waals surface area contributed by atoms with Crippen molar-refractivity contribution in [2.75, 3.05) is 25.1 Å². The molecule has 4 aliphatic rings. The average molecular weight is 470 g/mol. The first kappa shape index (κ1) is 22.5. The van der Waals surface area contributed by atoms with Crippen molar-refractivity contribution in [1.82, 2.24) is 15.6 Å². The number of aliphatic imine (C=N–C) groups is 1. The Balaban J connectivity index is 1.11. The van der Waals surface area contributed by atoms with Gasteiger partial charge < -0.3 is 15.6 Å². The van der Waals surface area contributed by atoms with E-state index in [-0.39, 0.29) is 18.0 Å². The Morgan fingerprint density at radius 2 is 2.06 bits per heavy atom. The summed E-state index contributed by atoms with van der Waals surface area (Å²) in [6.45, 7) is 3.16. The van der Waals surface area contributed by atoms with Crippen LogP contribution in [-0.2, 0) is 6.42 Å². The maximum absolute atomic E-state index is 13.3. The Hall–Kier alpha value is -2.96. The number of amides is 1. The van der Waals surface area contributed by atoms with Crippen molar-refractivity contribution in [1.29, 1.82) is 0 Å². The number of carbonyl (C=O) groups excluding carboxylic acids is 1. The zero-order chi connectivity index (χ0) is 23.6. The molecule has 1 aliphatic carbocycles. The van der Waals surface area contributed by atoms with Crippen LogP contribution in [0, 0.1) is 5.92 Å². The lowest BCUT2D eigenvalue weighted by Gasteiger charge is -2.28. The van der Waals surface area contributed by atoms with Crippen molar-refractivity contribution in [3.05, 3.63) is 77.0 Å². The van der Waals surface area contributed by atoms with Crippen molar-refractivity contribution in [2.45, 2.75) is 56.5 Å². The van der Waals surface area contributed by atoms with E-state index in [0.29, 0.717) is 11.8 Å². The van der Waals surface area contributed by atoms with Crippen LogP contribution in [0.3, 0.4) is 0 Å². The summed E-state index contributed by atoms with van der Waals surface area (Å²) in [5, 5.41) is 3.38. The van der Waals surface area contributed by atoms with E-state index in [2.05, 4.69) is 62.5 Å². The van der Waals surface area contributed by atoms with E-state index in [4.69, 9.17) is 0 Å². The van der Waals surface area contributed by atoms with Crippen molar-refractivity contribution < 1.29 is 4.79 Å². The third kappa shape index (κ3) is 4.78. The van der Waals surface area contributed by atoms with Gasteiger partial charge in [-0.15, -0.1) is 0 Å². The largest absolute Gasteiger partial charge is 0.348 e. The molecule has 6 rings (SSSR count). The highest BCUT2D eigenvalue weighted by Gasteiger charge is 2.30. The number of nitrogens with zero attached hydrogens (tertiary/aromatic N) is 2. The maximum atomic E-state index is 13.3. The zero-order valence-electron chi connectivity index (χ0n) is 20.2. The predicted octanol–water partition coefficient (Wildman–Crippen LogP) is 4.58. The second-order valence-electron chi connectivity index (χ2n) is 10.5. The molecule has 2 aromatic carbocycles. The van der Waals surface area contributed by atoms with E-state index in [1.165, 1.54) is 36.8 Å². The lowest BCUT2D eigenvalue weighted by Crippen LogP contribution is -2.43. The van der Waals surface area contributed by atoms with Crippen LogP contribution >= 0.6 is 0 Å². The minimum absolute atomic E-state index is 0.0391. The molecule has 6 heteroatoms. The van der Waals surface area contributed by atoms with E-state index in [0.717, 1.165) is 49.3 Å². The number of anilines is 1. The van der Waals surface area contributed by atoms with Crippen molar-refractivity contribution >= 4 is 17.8 Å². The number of hydrogen-bond donors (Lipinski definition) is 3. The van der Waals surface area contributed by atoms with Crippen LogP contribution in [0.15, 0.2) is 59.7 Å². The summed E-state index contributed by atoms with van der Waals surface area (Å²) in [4.78, 5) is 20.1. The average Bonchev–Trinajstić information content (AvgIpc) is 3.43. The molecule has 0 bridgehead atoms. The summed E-state index contributed by atoms with van der Waals surface area (Å²) in [6.07, 6.45) is 12.7. The van der Waals surface area contributed by atoms with Gasteiger partial charge in [-0.1, -0.05) is 36.8 Å². The van der Waals surface area contributed by atoms with E-state index in [9.17, 15) is 4.79 Å². The van der Waals surface area contributed by atoms with Gasteiger partial charge in [0.05, 0.1) is 11.7 Å². The molecule has 4 unspecified atom stereocenters. The molecule has 6 nitrogen and oxygen atoms in total. The Morgan fingerprint density at radius 1 is 1.11 bits per heavy atom. The van der Waals surface area contributed by atoms with Crippen LogP contribution in [0.25, 0.3) is 0 Å². The van der Waals surface area contributed by atoms with E-state index < -0.39 is 0 Å². The number of hydrazine groups is 1. The fraction of sp³-hybridized carbons (Fsp3) is 0.448. The summed E-state index contributed by atoms with van der Waals surface area (Å²) in [7, 11) is 0. The number of aryl methyl sites for hydroxylation is 1. The summed E-state index contributed by atoms with van der Waals surface area (Å²) < 4.78 is 0. The summed E-state index contributed by atoms with van der Waals surface area (Å²) in [5.41, 5.74) is 12.7. The third-order valence-corrected chi connectivity index (χ3v) is 8.17. The predicted molar refractivity (Wildman–Crippen MR) is 141 cm³/mol. The van der Waals surface area contributed by atoms with Gasteiger partial charge >= 0.3 is 0 Å². The number of fused-ring (bicyclic) bond motifs is 2. The summed E-state index contributed by atoms with van der Waals surface area (Å²) in [6, 6.07) is 15.3. The van der Waals surface area contributed by atoms with Gasteiger partial charge in [0.1, 0.15) is 0 Å². The fourth-order valence-corrected chi connectivity index (χ4v) is 6.29. The van der Waals surface area contributed by atoms with E-state index in [1.807, 2.05) is 24.5 Å². The Morgan fingerprint density at radius 3 is 2.97 bits per heavy atom. The van der Waals surface area contributed by atoms with E-state index >= 15 is 0 Å². The van der Waals surface area contributed by atoms with Gasteiger partial charge in [-0.05, 0) is 79.5 Å². The first-order chi connectivity index (χ1) is 17.2. The van der Waals surface area contributed by atoms with Crippen molar-refractivity contribution in [3.8, 4) is 0 Å². The minimum atomic E-state index is 0.0391.